The van der Waals surface area contributed by atoms with Gasteiger partial charge in [-0.05, 0) is 33.8 Å². The van der Waals surface area contributed by atoms with Crippen molar-refractivity contribution < 1.29 is 9.90 Å². The molecule has 0 aliphatic heterocycles. The molecule has 0 radical (unpaired) electrons. The van der Waals surface area contributed by atoms with Gasteiger partial charge in [0.05, 0.1) is 5.56 Å². The molecule has 0 spiro atoms. The van der Waals surface area contributed by atoms with Crippen molar-refractivity contribution in [1.82, 2.24) is 14.3 Å². The Bertz CT molecular complexity index is 593. The number of aromatic carboxylic acids is 1. The van der Waals surface area contributed by atoms with Gasteiger partial charge in [-0.25, -0.2) is 4.79 Å². The smallest absolute Gasteiger partial charge is 0.337 e. The Morgan fingerprint density at radius 1 is 1.39 bits per heavy atom. The summed E-state index contributed by atoms with van der Waals surface area (Å²) in [4.78, 5) is 11.1. The number of nitrogens with zero attached hydrogens (tertiary/aromatic N) is 3. The van der Waals surface area contributed by atoms with E-state index in [9.17, 15) is 4.79 Å². The first-order valence-corrected chi connectivity index (χ1v) is 5.89. The second-order valence-electron chi connectivity index (χ2n) is 4.67. The monoisotopic (exact) mass is 247 g/mol. The molecule has 0 saturated carbocycles. The van der Waals surface area contributed by atoms with Crippen LogP contribution in [0.15, 0.2) is 18.3 Å². The molecule has 0 saturated heterocycles. The molecule has 0 bridgehead atoms. The molecule has 2 aromatic heterocycles. The van der Waals surface area contributed by atoms with E-state index in [2.05, 4.69) is 18.9 Å². The van der Waals surface area contributed by atoms with Crippen LogP contribution in [-0.4, -0.2) is 25.4 Å². The molecule has 0 atom stereocenters. The summed E-state index contributed by atoms with van der Waals surface area (Å²) in [5.41, 5.74) is 1.90. The summed E-state index contributed by atoms with van der Waals surface area (Å²) in [6.07, 6.45) is 1.90. The SMILES string of the molecule is Cc1cc(C(=O)O)c(C)n1-c1ccn(C(C)C)n1. The van der Waals surface area contributed by atoms with Crippen molar-refractivity contribution in [3.8, 4) is 5.82 Å². The lowest BCUT2D eigenvalue weighted by atomic mass is 10.2. The van der Waals surface area contributed by atoms with Crippen LogP contribution < -0.4 is 0 Å². The molecule has 96 valence electrons. The van der Waals surface area contributed by atoms with Crippen molar-refractivity contribution in [2.45, 2.75) is 33.7 Å². The Morgan fingerprint density at radius 2 is 2.06 bits per heavy atom. The zero-order chi connectivity index (χ0) is 13.4. The molecule has 2 aromatic rings. The fraction of sp³-hybridized carbons (Fsp3) is 0.385. The zero-order valence-corrected chi connectivity index (χ0v) is 11.0. The van der Waals surface area contributed by atoms with Crippen LogP contribution in [-0.2, 0) is 0 Å². The van der Waals surface area contributed by atoms with Gasteiger partial charge in [0, 0.05) is 29.7 Å². The summed E-state index contributed by atoms with van der Waals surface area (Å²) in [6, 6.07) is 3.85. The zero-order valence-electron chi connectivity index (χ0n) is 11.0. The van der Waals surface area contributed by atoms with Gasteiger partial charge in [-0.1, -0.05) is 0 Å². The summed E-state index contributed by atoms with van der Waals surface area (Å²) < 4.78 is 3.72. The molecule has 0 fully saturated rings. The van der Waals surface area contributed by atoms with Gasteiger partial charge in [-0.2, -0.15) is 5.10 Å². The summed E-state index contributed by atoms with van der Waals surface area (Å²) in [7, 11) is 0. The third-order valence-corrected chi connectivity index (χ3v) is 3.01. The van der Waals surface area contributed by atoms with E-state index in [1.165, 1.54) is 0 Å². The maximum Gasteiger partial charge on any atom is 0.337 e. The van der Waals surface area contributed by atoms with E-state index >= 15 is 0 Å². The lowest BCUT2D eigenvalue weighted by Crippen LogP contribution is -2.06. The van der Waals surface area contributed by atoms with Crippen LogP contribution in [0.1, 0.15) is 41.6 Å². The highest BCUT2D eigenvalue weighted by molar-refractivity contribution is 5.89. The molecule has 0 aliphatic rings. The number of carboxylic acids is 1. The van der Waals surface area contributed by atoms with Crippen LogP contribution in [0.25, 0.3) is 5.82 Å². The Hall–Kier alpha value is -2.04. The molecule has 2 heterocycles. The van der Waals surface area contributed by atoms with Crippen molar-refractivity contribution in [1.29, 1.82) is 0 Å². The van der Waals surface area contributed by atoms with Gasteiger partial charge in [0.15, 0.2) is 5.82 Å². The first-order chi connectivity index (χ1) is 8.41. The average Bonchev–Trinajstić information content (AvgIpc) is 2.83. The average molecular weight is 247 g/mol. The topological polar surface area (TPSA) is 60.0 Å². The van der Waals surface area contributed by atoms with E-state index in [0.29, 0.717) is 11.3 Å². The minimum absolute atomic E-state index is 0.286. The summed E-state index contributed by atoms with van der Waals surface area (Å²) in [6.45, 7) is 7.78. The molecule has 0 aliphatic carbocycles. The van der Waals surface area contributed by atoms with Crippen LogP contribution in [0.3, 0.4) is 0 Å². The van der Waals surface area contributed by atoms with Crippen LogP contribution in [0.2, 0.25) is 0 Å². The number of aryl methyl sites for hydroxylation is 1. The van der Waals surface area contributed by atoms with Gasteiger partial charge in [0.2, 0.25) is 0 Å². The van der Waals surface area contributed by atoms with Gasteiger partial charge in [-0.3, -0.25) is 4.68 Å². The fourth-order valence-corrected chi connectivity index (χ4v) is 2.07. The van der Waals surface area contributed by atoms with E-state index in [0.717, 1.165) is 11.5 Å². The van der Waals surface area contributed by atoms with Gasteiger partial charge in [0.25, 0.3) is 0 Å². The van der Waals surface area contributed by atoms with E-state index in [1.54, 1.807) is 13.0 Å². The first-order valence-electron chi connectivity index (χ1n) is 5.89. The second-order valence-corrected chi connectivity index (χ2v) is 4.67. The maximum absolute atomic E-state index is 11.1. The first kappa shape index (κ1) is 12.4. The van der Waals surface area contributed by atoms with E-state index in [1.807, 2.05) is 28.4 Å². The van der Waals surface area contributed by atoms with Crippen LogP contribution in [0.4, 0.5) is 0 Å². The predicted molar refractivity (Wildman–Crippen MR) is 68.4 cm³/mol. The van der Waals surface area contributed by atoms with Crippen LogP contribution in [0.5, 0.6) is 0 Å². The van der Waals surface area contributed by atoms with Gasteiger partial charge in [0.1, 0.15) is 0 Å². The second kappa shape index (κ2) is 4.33. The number of carboxylic acid groups (broad SMARTS) is 1. The van der Waals surface area contributed by atoms with Crippen molar-refractivity contribution >= 4 is 5.97 Å². The molecular formula is C13H17N3O2. The Morgan fingerprint density at radius 3 is 2.50 bits per heavy atom. The number of rotatable bonds is 3. The Labute approximate surface area is 106 Å². The predicted octanol–water partition coefficient (Wildman–Crippen LogP) is 2.57. The Balaban J connectivity index is 2.53. The van der Waals surface area contributed by atoms with Crippen molar-refractivity contribution in [3.05, 3.63) is 35.3 Å². The standard InChI is InChI=1S/C13H17N3O2/c1-8(2)15-6-5-12(14-15)16-9(3)7-11(10(16)4)13(17)18/h5-8H,1-4H3,(H,17,18). The number of hydrogen-bond donors (Lipinski definition) is 1. The molecule has 2 rings (SSSR count). The van der Waals surface area contributed by atoms with Crippen molar-refractivity contribution in [2.24, 2.45) is 0 Å². The molecule has 0 amide bonds. The fourth-order valence-electron chi connectivity index (χ4n) is 2.07. The minimum atomic E-state index is -0.905. The molecule has 1 N–H and O–H groups in total. The van der Waals surface area contributed by atoms with Gasteiger partial charge in [-0.15, -0.1) is 0 Å². The molecule has 5 heteroatoms. The third-order valence-electron chi connectivity index (χ3n) is 3.01. The molecular weight excluding hydrogens is 230 g/mol. The molecule has 0 aromatic carbocycles. The number of hydrogen-bond acceptors (Lipinski definition) is 2. The normalized spacial score (nSPS) is 11.2. The quantitative estimate of drug-likeness (QED) is 0.906. The number of aromatic nitrogens is 3. The van der Waals surface area contributed by atoms with Crippen molar-refractivity contribution in [3.63, 3.8) is 0 Å². The minimum Gasteiger partial charge on any atom is -0.478 e. The van der Waals surface area contributed by atoms with E-state index in [-0.39, 0.29) is 6.04 Å². The van der Waals surface area contributed by atoms with Crippen molar-refractivity contribution in [2.75, 3.05) is 0 Å². The van der Waals surface area contributed by atoms with Crippen LogP contribution >= 0.6 is 0 Å². The van der Waals surface area contributed by atoms with Crippen LogP contribution in [0, 0.1) is 13.8 Å². The third kappa shape index (κ3) is 1.92. The van der Waals surface area contributed by atoms with Gasteiger partial charge >= 0.3 is 5.97 Å². The molecule has 0 unspecified atom stereocenters. The van der Waals surface area contributed by atoms with E-state index < -0.39 is 5.97 Å². The lowest BCUT2D eigenvalue weighted by molar-refractivity contribution is 0.0696. The van der Waals surface area contributed by atoms with E-state index in [4.69, 9.17) is 5.11 Å². The summed E-state index contributed by atoms with van der Waals surface area (Å²) >= 11 is 0. The summed E-state index contributed by atoms with van der Waals surface area (Å²) in [5.74, 6) is -0.149. The highest BCUT2D eigenvalue weighted by atomic mass is 16.4. The molecule has 5 nitrogen and oxygen atoms in total. The lowest BCUT2D eigenvalue weighted by Gasteiger charge is -2.07. The Kier molecular flexibility index (Phi) is 2.98. The maximum atomic E-state index is 11.1. The number of carbonyl (C=O) groups is 1. The van der Waals surface area contributed by atoms with Gasteiger partial charge < -0.3 is 9.67 Å². The molecule has 18 heavy (non-hydrogen) atoms. The largest absolute Gasteiger partial charge is 0.478 e. The summed E-state index contributed by atoms with van der Waals surface area (Å²) in [5, 5.41) is 13.6. The highest BCUT2D eigenvalue weighted by Gasteiger charge is 2.17. The highest BCUT2D eigenvalue weighted by Crippen LogP contribution is 2.20.